The third kappa shape index (κ3) is 3.74. The molecule has 1 aromatic rings. The molecule has 1 heterocycles. The molecule has 1 aliphatic rings. The summed E-state index contributed by atoms with van der Waals surface area (Å²) >= 11 is 6.01. The van der Waals surface area contributed by atoms with E-state index in [1.807, 2.05) is 6.07 Å². The van der Waals surface area contributed by atoms with Crippen LogP contribution in [0.15, 0.2) is 23.1 Å². The van der Waals surface area contributed by atoms with E-state index in [9.17, 15) is 8.42 Å². The molecule has 0 radical (unpaired) electrons. The van der Waals surface area contributed by atoms with Gasteiger partial charge in [0.15, 0.2) is 0 Å². The van der Waals surface area contributed by atoms with Crippen molar-refractivity contribution >= 4 is 21.6 Å². The smallest absolute Gasteiger partial charge is 0.244 e. The Balaban J connectivity index is 2.18. The Labute approximate surface area is 130 Å². The van der Waals surface area contributed by atoms with E-state index in [0.29, 0.717) is 12.1 Å². The summed E-state index contributed by atoms with van der Waals surface area (Å²) in [6.45, 7) is 1.34. The largest absolute Gasteiger partial charge is 0.313 e. The maximum Gasteiger partial charge on any atom is 0.244 e. The molecule has 1 fully saturated rings. The van der Waals surface area contributed by atoms with Gasteiger partial charge in [-0.3, -0.25) is 0 Å². The van der Waals surface area contributed by atoms with Gasteiger partial charge in [-0.15, -0.1) is 0 Å². The van der Waals surface area contributed by atoms with Crippen molar-refractivity contribution in [2.24, 2.45) is 0 Å². The standard InChI is InChI=1S/C14H18ClN3O2S/c1-18(10-12-4-2-3-7-17-12)21(19,20)14-6-5-11(9-16)8-13(14)15/h5-6,8,12,17H,2-4,7,10H2,1H3. The van der Waals surface area contributed by atoms with E-state index in [2.05, 4.69) is 5.32 Å². The Morgan fingerprint density at radius 3 is 2.81 bits per heavy atom. The lowest BCUT2D eigenvalue weighted by atomic mass is 10.1. The van der Waals surface area contributed by atoms with Crippen LogP contribution in [0.1, 0.15) is 24.8 Å². The van der Waals surface area contributed by atoms with Crippen molar-refractivity contribution in [1.29, 1.82) is 5.26 Å². The van der Waals surface area contributed by atoms with E-state index in [1.165, 1.54) is 22.5 Å². The Morgan fingerprint density at radius 1 is 1.48 bits per heavy atom. The lowest BCUT2D eigenvalue weighted by Crippen LogP contribution is -2.44. The zero-order valence-electron chi connectivity index (χ0n) is 11.8. The zero-order chi connectivity index (χ0) is 15.5. The first-order chi connectivity index (χ1) is 9.95. The van der Waals surface area contributed by atoms with Gasteiger partial charge in [0, 0.05) is 19.6 Å². The molecule has 0 aromatic heterocycles. The molecule has 114 valence electrons. The van der Waals surface area contributed by atoms with Crippen LogP contribution in [-0.4, -0.2) is 38.9 Å². The number of hydrogen-bond donors (Lipinski definition) is 1. The fourth-order valence-electron chi connectivity index (χ4n) is 2.44. The minimum absolute atomic E-state index is 0.0430. The number of hydrogen-bond acceptors (Lipinski definition) is 4. The maximum atomic E-state index is 12.6. The van der Waals surface area contributed by atoms with E-state index in [1.54, 1.807) is 7.05 Å². The van der Waals surface area contributed by atoms with E-state index in [-0.39, 0.29) is 16.0 Å². The van der Waals surface area contributed by atoms with Crippen molar-refractivity contribution in [3.05, 3.63) is 28.8 Å². The van der Waals surface area contributed by atoms with Crippen LogP contribution in [0, 0.1) is 11.3 Å². The highest BCUT2D eigenvalue weighted by molar-refractivity contribution is 7.89. The molecule has 1 aliphatic heterocycles. The molecule has 21 heavy (non-hydrogen) atoms. The highest BCUT2D eigenvalue weighted by Gasteiger charge is 2.26. The normalized spacial score (nSPS) is 19.4. The van der Waals surface area contributed by atoms with Crippen LogP contribution >= 0.6 is 11.6 Å². The predicted octanol–water partition coefficient (Wildman–Crippen LogP) is 1.97. The molecule has 0 aliphatic carbocycles. The summed E-state index contributed by atoms with van der Waals surface area (Å²) in [5.74, 6) is 0. The molecule has 0 amide bonds. The van der Waals surface area contributed by atoms with Crippen LogP contribution < -0.4 is 5.32 Å². The molecular weight excluding hydrogens is 310 g/mol. The second kappa shape index (κ2) is 6.75. The van der Waals surface area contributed by atoms with Crippen molar-refractivity contribution in [1.82, 2.24) is 9.62 Å². The first-order valence-corrected chi connectivity index (χ1v) is 8.66. The van der Waals surface area contributed by atoms with Crippen LogP contribution in [0.3, 0.4) is 0 Å². The molecule has 5 nitrogen and oxygen atoms in total. The summed E-state index contributed by atoms with van der Waals surface area (Å²) < 4.78 is 26.4. The average molecular weight is 328 g/mol. The molecule has 0 saturated carbocycles. The van der Waals surface area contributed by atoms with Crippen molar-refractivity contribution < 1.29 is 8.42 Å². The number of sulfonamides is 1. The van der Waals surface area contributed by atoms with Crippen molar-refractivity contribution in [3.63, 3.8) is 0 Å². The van der Waals surface area contributed by atoms with Crippen molar-refractivity contribution in [3.8, 4) is 6.07 Å². The fraction of sp³-hybridized carbons (Fsp3) is 0.500. The summed E-state index contributed by atoms with van der Waals surface area (Å²) in [4.78, 5) is 0.0430. The minimum Gasteiger partial charge on any atom is -0.313 e. The van der Waals surface area contributed by atoms with Gasteiger partial charge in [0.05, 0.1) is 16.7 Å². The maximum absolute atomic E-state index is 12.6. The van der Waals surface area contributed by atoms with Crippen LogP contribution in [-0.2, 0) is 10.0 Å². The van der Waals surface area contributed by atoms with Crippen LogP contribution in [0.2, 0.25) is 5.02 Å². The van der Waals surface area contributed by atoms with Gasteiger partial charge in [-0.25, -0.2) is 8.42 Å². The SMILES string of the molecule is CN(CC1CCCCN1)S(=O)(=O)c1ccc(C#N)cc1Cl. The van der Waals surface area contributed by atoms with Gasteiger partial charge in [0.2, 0.25) is 10.0 Å². The second-order valence-electron chi connectivity index (χ2n) is 5.19. The van der Waals surface area contributed by atoms with Gasteiger partial charge in [-0.05, 0) is 37.6 Å². The lowest BCUT2D eigenvalue weighted by molar-refractivity contribution is 0.337. The first-order valence-electron chi connectivity index (χ1n) is 6.84. The molecule has 2 rings (SSSR count). The molecule has 0 spiro atoms. The van der Waals surface area contributed by atoms with Crippen LogP contribution in [0.4, 0.5) is 0 Å². The topological polar surface area (TPSA) is 73.2 Å². The first kappa shape index (κ1) is 16.2. The number of rotatable bonds is 4. The quantitative estimate of drug-likeness (QED) is 0.917. The third-order valence-corrected chi connectivity index (χ3v) is 5.95. The Morgan fingerprint density at radius 2 is 2.24 bits per heavy atom. The van der Waals surface area contributed by atoms with Crippen molar-refractivity contribution in [2.45, 2.75) is 30.2 Å². The number of nitriles is 1. The number of benzene rings is 1. The molecule has 1 atom stereocenters. The van der Waals surface area contributed by atoms with E-state index in [4.69, 9.17) is 16.9 Å². The summed E-state index contributed by atoms with van der Waals surface area (Å²) in [7, 11) is -2.09. The summed E-state index contributed by atoms with van der Waals surface area (Å²) in [6.07, 6.45) is 3.22. The van der Waals surface area contributed by atoms with Gasteiger partial charge >= 0.3 is 0 Å². The van der Waals surface area contributed by atoms with Gasteiger partial charge in [-0.2, -0.15) is 9.57 Å². The zero-order valence-corrected chi connectivity index (χ0v) is 13.4. The number of nitrogens with one attached hydrogen (secondary N) is 1. The van der Waals surface area contributed by atoms with E-state index >= 15 is 0 Å². The number of piperidine rings is 1. The Hall–Kier alpha value is -1.13. The third-order valence-electron chi connectivity index (χ3n) is 3.64. The molecule has 1 saturated heterocycles. The number of nitrogens with zero attached hydrogens (tertiary/aromatic N) is 2. The average Bonchev–Trinajstić information content (AvgIpc) is 2.47. The fourth-order valence-corrected chi connectivity index (χ4v) is 4.17. The Kier molecular flexibility index (Phi) is 5.22. The Bertz CT molecular complexity index is 649. The van der Waals surface area contributed by atoms with Gasteiger partial charge < -0.3 is 5.32 Å². The van der Waals surface area contributed by atoms with Gasteiger partial charge in [-0.1, -0.05) is 18.0 Å². The molecule has 7 heteroatoms. The van der Waals surface area contributed by atoms with Crippen molar-refractivity contribution in [2.75, 3.05) is 20.1 Å². The molecule has 1 unspecified atom stereocenters. The van der Waals surface area contributed by atoms with Gasteiger partial charge in [0.1, 0.15) is 4.90 Å². The second-order valence-corrected chi connectivity index (χ2v) is 7.61. The van der Waals surface area contributed by atoms with Crippen LogP contribution in [0.25, 0.3) is 0 Å². The predicted molar refractivity (Wildman–Crippen MR) is 81.6 cm³/mol. The summed E-state index contributed by atoms with van der Waals surface area (Å²) in [6, 6.07) is 6.34. The monoisotopic (exact) mass is 327 g/mol. The molecule has 0 bridgehead atoms. The number of likely N-dealkylation sites (N-methyl/N-ethyl adjacent to an activating group) is 1. The van der Waals surface area contributed by atoms with E-state index < -0.39 is 10.0 Å². The molecule has 1 aromatic carbocycles. The highest BCUT2D eigenvalue weighted by atomic mass is 35.5. The van der Waals surface area contributed by atoms with E-state index in [0.717, 1.165) is 25.8 Å². The van der Waals surface area contributed by atoms with Crippen LogP contribution in [0.5, 0.6) is 0 Å². The number of halogens is 1. The summed E-state index contributed by atoms with van der Waals surface area (Å²) in [5, 5.41) is 12.2. The highest BCUT2D eigenvalue weighted by Crippen LogP contribution is 2.25. The molecular formula is C14H18ClN3O2S. The molecule has 1 N–H and O–H groups in total. The summed E-state index contributed by atoms with van der Waals surface area (Å²) in [5.41, 5.74) is 0.343. The van der Waals surface area contributed by atoms with Gasteiger partial charge in [0.25, 0.3) is 0 Å². The minimum atomic E-state index is -3.64. The lowest BCUT2D eigenvalue weighted by Gasteiger charge is -2.28.